The Morgan fingerprint density at radius 2 is 1.79 bits per heavy atom. The maximum atomic E-state index is 11.6. The Labute approximate surface area is 114 Å². The van der Waals surface area contributed by atoms with E-state index < -0.39 is 6.09 Å². The summed E-state index contributed by atoms with van der Waals surface area (Å²) in [6.45, 7) is 2.58. The molecular weight excluding hydrogens is 242 g/mol. The van der Waals surface area contributed by atoms with Crippen molar-refractivity contribution in [3.05, 3.63) is 34.7 Å². The van der Waals surface area contributed by atoms with Crippen LogP contribution in [0.25, 0.3) is 0 Å². The largest absolute Gasteiger partial charge is 0.449 e. The van der Waals surface area contributed by atoms with Crippen LogP contribution in [0.4, 0.5) is 4.79 Å². The maximum Gasteiger partial charge on any atom is 0.420 e. The smallest absolute Gasteiger partial charge is 0.420 e. The minimum absolute atomic E-state index is 0.355. The topological polar surface area (TPSA) is 48.3 Å². The predicted octanol–water partition coefficient (Wildman–Crippen LogP) is 3.58. The minimum Gasteiger partial charge on any atom is -0.449 e. The van der Waals surface area contributed by atoms with Crippen LogP contribution in [-0.4, -0.2) is 17.3 Å². The highest BCUT2D eigenvalue weighted by atomic mass is 16.5. The standard InChI is InChI=1S/C15H23NO3/c1-2-3-4-5-6-7-10-13-19-15(18)16-12-9-8-11-14(16)17/h8-9,11-12H,2-7,10,13H2,1H3. The van der Waals surface area contributed by atoms with Crippen LogP contribution in [0.15, 0.2) is 29.2 Å². The number of ether oxygens (including phenoxy) is 1. The molecule has 0 spiro atoms. The van der Waals surface area contributed by atoms with E-state index in [-0.39, 0.29) is 5.56 Å². The second-order valence-corrected chi connectivity index (χ2v) is 4.64. The third-order valence-electron chi connectivity index (χ3n) is 2.99. The SMILES string of the molecule is CCCCCCCCCOC(=O)n1ccccc1=O. The van der Waals surface area contributed by atoms with Gasteiger partial charge in [-0.1, -0.05) is 51.5 Å². The van der Waals surface area contributed by atoms with Crippen molar-refractivity contribution in [2.75, 3.05) is 6.61 Å². The monoisotopic (exact) mass is 265 g/mol. The lowest BCUT2D eigenvalue weighted by Gasteiger charge is -2.06. The minimum atomic E-state index is -0.586. The summed E-state index contributed by atoms with van der Waals surface area (Å²) >= 11 is 0. The highest BCUT2D eigenvalue weighted by Gasteiger charge is 2.06. The lowest BCUT2D eigenvalue weighted by atomic mass is 10.1. The zero-order valence-corrected chi connectivity index (χ0v) is 11.6. The fourth-order valence-corrected chi connectivity index (χ4v) is 1.87. The van der Waals surface area contributed by atoms with Crippen LogP contribution in [-0.2, 0) is 4.74 Å². The molecule has 4 nitrogen and oxygen atoms in total. The third-order valence-corrected chi connectivity index (χ3v) is 2.99. The maximum absolute atomic E-state index is 11.6. The van der Waals surface area contributed by atoms with Crippen LogP contribution in [0.2, 0.25) is 0 Å². The molecule has 1 rings (SSSR count). The van der Waals surface area contributed by atoms with Gasteiger partial charge in [-0.05, 0) is 12.5 Å². The number of hydrogen-bond donors (Lipinski definition) is 0. The van der Waals surface area contributed by atoms with Gasteiger partial charge in [0.15, 0.2) is 0 Å². The van der Waals surface area contributed by atoms with E-state index in [0.717, 1.165) is 17.4 Å². The van der Waals surface area contributed by atoms with Gasteiger partial charge in [0, 0.05) is 12.3 Å². The number of hydrogen-bond acceptors (Lipinski definition) is 3. The average Bonchev–Trinajstić information content (AvgIpc) is 2.42. The summed E-state index contributed by atoms with van der Waals surface area (Å²) in [4.78, 5) is 22.9. The molecule has 0 unspecified atom stereocenters. The van der Waals surface area contributed by atoms with E-state index in [9.17, 15) is 9.59 Å². The number of carbonyl (C=O) groups is 1. The summed E-state index contributed by atoms with van der Waals surface area (Å²) in [5, 5.41) is 0. The molecule has 1 aromatic heterocycles. The second kappa shape index (κ2) is 9.36. The second-order valence-electron chi connectivity index (χ2n) is 4.64. The van der Waals surface area contributed by atoms with E-state index in [4.69, 9.17) is 4.74 Å². The number of carbonyl (C=O) groups excluding carboxylic acids is 1. The zero-order valence-electron chi connectivity index (χ0n) is 11.6. The first-order valence-electron chi connectivity index (χ1n) is 7.10. The lowest BCUT2D eigenvalue weighted by molar-refractivity contribution is 0.144. The van der Waals surface area contributed by atoms with Crippen LogP contribution in [0.3, 0.4) is 0 Å². The third kappa shape index (κ3) is 6.22. The number of aromatic nitrogens is 1. The van der Waals surface area contributed by atoms with Crippen molar-refractivity contribution < 1.29 is 9.53 Å². The summed E-state index contributed by atoms with van der Waals surface area (Å²) in [7, 11) is 0. The number of rotatable bonds is 8. The van der Waals surface area contributed by atoms with Gasteiger partial charge in [0.1, 0.15) is 0 Å². The molecule has 1 aromatic rings. The van der Waals surface area contributed by atoms with Crippen molar-refractivity contribution in [1.29, 1.82) is 0 Å². The van der Waals surface area contributed by atoms with Crippen molar-refractivity contribution in [1.82, 2.24) is 4.57 Å². The van der Waals surface area contributed by atoms with E-state index in [0.29, 0.717) is 6.61 Å². The normalized spacial score (nSPS) is 10.4. The van der Waals surface area contributed by atoms with E-state index in [1.165, 1.54) is 44.4 Å². The summed E-state index contributed by atoms with van der Waals surface area (Å²) < 4.78 is 6.05. The van der Waals surface area contributed by atoms with Gasteiger partial charge in [-0.15, -0.1) is 0 Å². The Bertz CT molecular complexity index is 425. The van der Waals surface area contributed by atoms with Gasteiger partial charge in [-0.25, -0.2) is 9.36 Å². The predicted molar refractivity (Wildman–Crippen MR) is 75.4 cm³/mol. The molecule has 0 amide bonds. The molecule has 0 aliphatic rings. The molecule has 0 aromatic carbocycles. The van der Waals surface area contributed by atoms with Crippen molar-refractivity contribution in [3.8, 4) is 0 Å². The van der Waals surface area contributed by atoms with E-state index >= 15 is 0 Å². The first-order valence-corrected chi connectivity index (χ1v) is 7.10. The summed E-state index contributed by atoms with van der Waals surface area (Å²) in [6.07, 6.45) is 9.04. The molecule has 0 N–H and O–H groups in total. The van der Waals surface area contributed by atoms with E-state index in [1.807, 2.05) is 0 Å². The number of nitrogens with zero attached hydrogens (tertiary/aromatic N) is 1. The van der Waals surface area contributed by atoms with Gasteiger partial charge >= 0.3 is 6.09 Å². The Morgan fingerprint density at radius 1 is 1.11 bits per heavy atom. The Kier molecular flexibility index (Phi) is 7.63. The molecule has 0 atom stereocenters. The van der Waals surface area contributed by atoms with Crippen molar-refractivity contribution in [3.63, 3.8) is 0 Å². The molecule has 0 saturated heterocycles. The average molecular weight is 265 g/mol. The first-order chi connectivity index (χ1) is 9.25. The summed E-state index contributed by atoms with van der Waals surface area (Å²) in [5.74, 6) is 0. The molecule has 4 heteroatoms. The number of unbranched alkanes of at least 4 members (excludes halogenated alkanes) is 6. The molecule has 19 heavy (non-hydrogen) atoms. The fraction of sp³-hybridized carbons (Fsp3) is 0.600. The molecule has 0 fully saturated rings. The lowest BCUT2D eigenvalue weighted by Crippen LogP contribution is -2.26. The van der Waals surface area contributed by atoms with Gasteiger partial charge in [0.2, 0.25) is 0 Å². The van der Waals surface area contributed by atoms with Gasteiger partial charge in [0.25, 0.3) is 5.56 Å². The van der Waals surface area contributed by atoms with E-state index in [2.05, 4.69) is 6.92 Å². The number of pyridine rings is 1. The van der Waals surface area contributed by atoms with Crippen molar-refractivity contribution >= 4 is 6.09 Å². The molecule has 0 saturated carbocycles. The highest BCUT2D eigenvalue weighted by molar-refractivity contribution is 5.70. The molecule has 0 bridgehead atoms. The van der Waals surface area contributed by atoms with Crippen molar-refractivity contribution in [2.45, 2.75) is 51.9 Å². The Morgan fingerprint density at radius 3 is 2.47 bits per heavy atom. The fourth-order valence-electron chi connectivity index (χ4n) is 1.87. The quantitative estimate of drug-likeness (QED) is 0.675. The highest BCUT2D eigenvalue weighted by Crippen LogP contribution is 2.06. The molecule has 0 radical (unpaired) electrons. The zero-order chi connectivity index (χ0) is 13.9. The Hall–Kier alpha value is -1.58. The van der Waals surface area contributed by atoms with Crippen molar-refractivity contribution in [2.24, 2.45) is 0 Å². The van der Waals surface area contributed by atoms with Crippen LogP contribution in [0.1, 0.15) is 51.9 Å². The molecule has 0 aliphatic heterocycles. The van der Waals surface area contributed by atoms with E-state index in [1.54, 1.807) is 12.1 Å². The van der Waals surface area contributed by atoms with Crippen LogP contribution < -0.4 is 5.56 Å². The summed E-state index contributed by atoms with van der Waals surface area (Å²) in [6, 6.07) is 4.58. The first kappa shape index (κ1) is 15.5. The summed E-state index contributed by atoms with van der Waals surface area (Å²) in [5.41, 5.74) is -0.355. The molecular formula is C15H23NO3. The van der Waals surface area contributed by atoms with Crippen LogP contribution in [0, 0.1) is 0 Å². The molecule has 106 valence electrons. The van der Waals surface area contributed by atoms with Crippen LogP contribution >= 0.6 is 0 Å². The van der Waals surface area contributed by atoms with Gasteiger partial charge < -0.3 is 4.74 Å². The van der Waals surface area contributed by atoms with Gasteiger partial charge in [0.05, 0.1) is 6.61 Å². The van der Waals surface area contributed by atoms with Gasteiger partial charge in [-0.2, -0.15) is 0 Å². The Balaban J connectivity index is 2.11. The molecule has 0 aliphatic carbocycles. The van der Waals surface area contributed by atoms with Crippen LogP contribution in [0.5, 0.6) is 0 Å². The van der Waals surface area contributed by atoms with Gasteiger partial charge in [-0.3, -0.25) is 4.79 Å². The molecule has 1 heterocycles.